The molecule has 2 heterocycles. The molecule has 4 rings (SSSR count). The van der Waals surface area contributed by atoms with Gasteiger partial charge in [-0.25, -0.2) is 9.78 Å². The number of anilines is 1. The number of carboxylic acids is 1. The van der Waals surface area contributed by atoms with Crippen molar-refractivity contribution >= 4 is 46.8 Å². The number of benzene rings is 2. The Kier molecular flexibility index (Phi) is 9.14. The predicted molar refractivity (Wildman–Crippen MR) is 138 cm³/mol. The van der Waals surface area contributed by atoms with Gasteiger partial charge in [0.05, 0.1) is 0 Å². The summed E-state index contributed by atoms with van der Waals surface area (Å²) in [6.45, 7) is -0.138. The Balaban J connectivity index is 1.34. The Morgan fingerprint density at radius 2 is 1.66 bits per heavy atom. The third-order valence-corrected chi connectivity index (χ3v) is 6.33. The molecule has 1 aromatic heterocycles. The second-order valence-corrected chi connectivity index (χ2v) is 9.05. The first-order valence-electron chi connectivity index (χ1n) is 11.4. The maximum absolute atomic E-state index is 12.8. The van der Waals surface area contributed by atoms with Crippen LogP contribution in [0.25, 0.3) is 0 Å². The van der Waals surface area contributed by atoms with E-state index < -0.39 is 36.0 Å². The molecule has 38 heavy (non-hydrogen) atoms. The number of aromatic nitrogens is 1. The summed E-state index contributed by atoms with van der Waals surface area (Å²) in [6, 6.07) is 15.6. The van der Waals surface area contributed by atoms with Gasteiger partial charge in [0.15, 0.2) is 12.2 Å². The summed E-state index contributed by atoms with van der Waals surface area (Å²) in [6.07, 6.45) is -1.12. The van der Waals surface area contributed by atoms with Gasteiger partial charge in [-0.2, -0.15) is 0 Å². The van der Waals surface area contributed by atoms with Crippen LogP contribution in [0.2, 0.25) is 10.0 Å². The number of nitrogens with one attached hydrogen (secondary N) is 2. The number of aliphatic carboxylic acids is 1. The van der Waals surface area contributed by atoms with Gasteiger partial charge in [-0.1, -0.05) is 47.5 Å². The molecule has 1 aliphatic heterocycles. The number of nitrogens with zero attached hydrogens (tertiary/aromatic N) is 1. The highest BCUT2D eigenvalue weighted by Crippen LogP contribution is 2.26. The molecule has 0 bridgehead atoms. The van der Waals surface area contributed by atoms with Gasteiger partial charge in [0.2, 0.25) is 0 Å². The first kappa shape index (κ1) is 27.3. The summed E-state index contributed by atoms with van der Waals surface area (Å²) in [5.41, 5.74) is 1.28. The number of rotatable bonds is 10. The van der Waals surface area contributed by atoms with Gasteiger partial charge in [-0.3, -0.25) is 9.59 Å². The second-order valence-electron chi connectivity index (χ2n) is 8.23. The Labute approximate surface area is 227 Å². The SMILES string of the molecule is O=C(O)[C@H](Cc1ccc(OCc2c(Cl)cccc2Cl)cc1)NC(=O)[C@@H]1OCO[C@H]1C(=O)Nc1ccccn1. The zero-order chi connectivity index (χ0) is 27.1. The highest BCUT2D eigenvalue weighted by molar-refractivity contribution is 6.35. The van der Waals surface area contributed by atoms with Crippen molar-refractivity contribution in [1.82, 2.24) is 10.3 Å². The standard InChI is InChI=1S/C26H23Cl2N3O7/c27-18-4-3-5-19(28)17(18)13-36-16-9-7-15(8-10-16)12-20(26(34)35)30-24(32)22-23(38-14-37-22)25(33)31-21-6-1-2-11-29-21/h1-11,20,22-23H,12-14H2,(H,30,32)(H,34,35)(H,29,31,33)/t20-,22+,23+/m0/s1. The number of halogens is 2. The smallest absolute Gasteiger partial charge is 0.326 e. The fraction of sp³-hybridized carbons (Fsp3) is 0.231. The van der Waals surface area contributed by atoms with E-state index in [4.69, 9.17) is 37.4 Å². The van der Waals surface area contributed by atoms with Gasteiger partial charge in [-0.15, -0.1) is 0 Å². The van der Waals surface area contributed by atoms with E-state index >= 15 is 0 Å². The molecular weight excluding hydrogens is 537 g/mol. The lowest BCUT2D eigenvalue weighted by Gasteiger charge is -2.20. The van der Waals surface area contributed by atoms with Crippen molar-refractivity contribution in [3.05, 3.63) is 88.0 Å². The maximum Gasteiger partial charge on any atom is 0.326 e. The van der Waals surface area contributed by atoms with Crippen LogP contribution in [0.15, 0.2) is 66.9 Å². The predicted octanol–water partition coefficient (Wildman–Crippen LogP) is 3.46. The highest BCUT2D eigenvalue weighted by atomic mass is 35.5. The monoisotopic (exact) mass is 559 g/mol. The Hall–Kier alpha value is -3.70. The van der Waals surface area contributed by atoms with Crippen molar-refractivity contribution in [1.29, 1.82) is 0 Å². The molecule has 12 heteroatoms. The number of ether oxygens (including phenoxy) is 3. The lowest BCUT2D eigenvalue weighted by Crippen LogP contribution is -2.51. The molecule has 0 unspecified atom stereocenters. The average molecular weight is 560 g/mol. The van der Waals surface area contributed by atoms with Crippen LogP contribution in [0, 0.1) is 0 Å². The molecule has 0 saturated carbocycles. The highest BCUT2D eigenvalue weighted by Gasteiger charge is 2.41. The molecule has 0 aliphatic carbocycles. The molecule has 2 aromatic carbocycles. The van der Waals surface area contributed by atoms with Crippen LogP contribution in [-0.4, -0.2) is 52.9 Å². The average Bonchev–Trinajstić information content (AvgIpc) is 3.40. The van der Waals surface area contributed by atoms with Crippen LogP contribution >= 0.6 is 23.2 Å². The summed E-state index contributed by atoms with van der Waals surface area (Å²) in [5, 5.41) is 15.6. The maximum atomic E-state index is 12.8. The summed E-state index contributed by atoms with van der Waals surface area (Å²) in [7, 11) is 0. The molecule has 1 aliphatic rings. The summed E-state index contributed by atoms with van der Waals surface area (Å²) in [4.78, 5) is 41.3. The fourth-order valence-electron chi connectivity index (χ4n) is 3.66. The summed E-state index contributed by atoms with van der Waals surface area (Å²) < 4.78 is 16.3. The molecule has 198 valence electrons. The zero-order valence-corrected chi connectivity index (χ0v) is 21.3. The van der Waals surface area contributed by atoms with Crippen LogP contribution in [0.3, 0.4) is 0 Å². The van der Waals surface area contributed by atoms with Crippen LogP contribution in [0.4, 0.5) is 5.82 Å². The van der Waals surface area contributed by atoms with Crippen LogP contribution in [-0.2, 0) is 36.9 Å². The third-order valence-electron chi connectivity index (χ3n) is 5.63. The summed E-state index contributed by atoms with van der Waals surface area (Å²) >= 11 is 12.3. The first-order valence-corrected chi connectivity index (χ1v) is 12.2. The number of amides is 2. The van der Waals surface area contributed by atoms with Gasteiger partial charge in [0.25, 0.3) is 11.8 Å². The fourth-order valence-corrected chi connectivity index (χ4v) is 4.16. The Morgan fingerprint density at radius 3 is 2.29 bits per heavy atom. The number of pyridine rings is 1. The Bertz CT molecular complexity index is 1270. The van der Waals surface area contributed by atoms with Crippen molar-refractivity contribution in [3.8, 4) is 5.75 Å². The van der Waals surface area contributed by atoms with Gasteiger partial charge in [0, 0.05) is 28.2 Å². The molecule has 1 fully saturated rings. The van der Waals surface area contributed by atoms with Crippen LogP contribution < -0.4 is 15.4 Å². The Morgan fingerprint density at radius 1 is 0.974 bits per heavy atom. The van der Waals surface area contributed by atoms with Crippen molar-refractivity contribution in [2.45, 2.75) is 31.3 Å². The number of carbonyl (C=O) groups is 3. The molecule has 2 amide bonds. The molecule has 10 nitrogen and oxygen atoms in total. The van der Waals surface area contributed by atoms with Crippen molar-refractivity contribution < 1.29 is 33.7 Å². The topological polar surface area (TPSA) is 136 Å². The van der Waals surface area contributed by atoms with E-state index in [1.165, 1.54) is 6.20 Å². The molecule has 3 aromatic rings. The lowest BCUT2D eigenvalue weighted by atomic mass is 10.0. The largest absolute Gasteiger partial charge is 0.489 e. The van der Waals surface area contributed by atoms with Gasteiger partial charge in [0.1, 0.15) is 31.0 Å². The van der Waals surface area contributed by atoms with Gasteiger partial charge in [-0.05, 0) is 42.0 Å². The van der Waals surface area contributed by atoms with Crippen LogP contribution in [0.5, 0.6) is 5.75 Å². The lowest BCUT2D eigenvalue weighted by molar-refractivity contribution is -0.144. The number of hydrogen-bond acceptors (Lipinski definition) is 7. The van der Waals surface area contributed by atoms with E-state index in [1.54, 1.807) is 60.7 Å². The summed E-state index contributed by atoms with van der Waals surface area (Å²) in [5.74, 6) is -1.87. The molecule has 3 atom stereocenters. The van der Waals surface area contributed by atoms with E-state index in [0.717, 1.165) is 0 Å². The molecule has 3 N–H and O–H groups in total. The van der Waals surface area contributed by atoms with E-state index in [1.807, 2.05) is 0 Å². The molecule has 1 saturated heterocycles. The van der Waals surface area contributed by atoms with Crippen molar-refractivity contribution in [2.75, 3.05) is 12.1 Å². The zero-order valence-electron chi connectivity index (χ0n) is 19.8. The quantitative estimate of drug-likeness (QED) is 0.343. The number of carboxylic acid groups (broad SMARTS) is 1. The van der Waals surface area contributed by atoms with Gasteiger partial charge < -0.3 is 30.0 Å². The van der Waals surface area contributed by atoms with E-state index in [0.29, 0.717) is 26.9 Å². The molecular formula is C26H23Cl2N3O7. The molecule has 0 spiro atoms. The minimum absolute atomic E-state index is 0.0178. The van der Waals surface area contributed by atoms with E-state index in [-0.39, 0.29) is 25.6 Å². The second kappa shape index (κ2) is 12.7. The van der Waals surface area contributed by atoms with E-state index in [9.17, 15) is 19.5 Å². The number of hydrogen-bond donors (Lipinski definition) is 3. The molecule has 0 radical (unpaired) electrons. The van der Waals surface area contributed by atoms with E-state index in [2.05, 4.69) is 15.6 Å². The minimum Gasteiger partial charge on any atom is -0.489 e. The van der Waals surface area contributed by atoms with Crippen LogP contribution in [0.1, 0.15) is 11.1 Å². The normalized spacial score (nSPS) is 17.4. The minimum atomic E-state index is -1.33. The first-order chi connectivity index (χ1) is 18.3. The van der Waals surface area contributed by atoms with Crippen molar-refractivity contribution in [3.63, 3.8) is 0 Å². The van der Waals surface area contributed by atoms with Gasteiger partial charge >= 0.3 is 5.97 Å². The van der Waals surface area contributed by atoms with Crippen molar-refractivity contribution in [2.24, 2.45) is 0 Å². The third kappa shape index (κ3) is 6.99. The number of carbonyl (C=O) groups excluding carboxylic acids is 2.